The SMILES string of the molecule is [N-]=[N+]=NCCc1cc(Cl)cc(Cl)c1. The fraction of sp³-hybridized carbons (Fsp3) is 0.250. The average molecular weight is 216 g/mol. The molecule has 0 radical (unpaired) electrons. The summed E-state index contributed by atoms with van der Waals surface area (Å²) in [6, 6.07) is 5.28. The molecule has 1 rings (SSSR count). The van der Waals surface area contributed by atoms with Crippen LogP contribution in [0.25, 0.3) is 10.4 Å². The van der Waals surface area contributed by atoms with Crippen molar-refractivity contribution in [2.45, 2.75) is 6.42 Å². The van der Waals surface area contributed by atoms with Crippen LogP contribution >= 0.6 is 23.2 Å². The van der Waals surface area contributed by atoms with Crippen molar-refractivity contribution in [1.29, 1.82) is 0 Å². The van der Waals surface area contributed by atoms with Gasteiger partial charge in [-0.25, -0.2) is 0 Å². The molecule has 1 aromatic carbocycles. The van der Waals surface area contributed by atoms with Crippen LogP contribution in [-0.4, -0.2) is 6.54 Å². The average Bonchev–Trinajstić information content (AvgIpc) is 2.03. The summed E-state index contributed by atoms with van der Waals surface area (Å²) in [5, 5.41) is 4.62. The quantitative estimate of drug-likeness (QED) is 0.418. The van der Waals surface area contributed by atoms with Gasteiger partial charge >= 0.3 is 0 Å². The van der Waals surface area contributed by atoms with Gasteiger partial charge in [-0.05, 0) is 35.7 Å². The van der Waals surface area contributed by atoms with E-state index in [2.05, 4.69) is 10.0 Å². The highest BCUT2D eigenvalue weighted by molar-refractivity contribution is 6.34. The van der Waals surface area contributed by atoms with Gasteiger partial charge in [-0.3, -0.25) is 0 Å². The first-order valence-electron chi connectivity index (χ1n) is 3.68. The van der Waals surface area contributed by atoms with Crippen LogP contribution in [0.1, 0.15) is 5.56 Å². The summed E-state index contributed by atoms with van der Waals surface area (Å²) < 4.78 is 0. The van der Waals surface area contributed by atoms with Gasteiger partial charge in [0, 0.05) is 21.5 Å². The van der Waals surface area contributed by atoms with E-state index in [0.717, 1.165) is 5.56 Å². The van der Waals surface area contributed by atoms with Crippen molar-refractivity contribution >= 4 is 23.2 Å². The predicted molar refractivity (Wildman–Crippen MR) is 54.2 cm³/mol. The van der Waals surface area contributed by atoms with Crippen molar-refractivity contribution in [3.63, 3.8) is 0 Å². The van der Waals surface area contributed by atoms with E-state index >= 15 is 0 Å². The second kappa shape index (κ2) is 4.97. The van der Waals surface area contributed by atoms with Gasteiger partial charge in [-0.15, -0.1) is 0 Å². The van der Waals surface area contributed by atoms with E-state index in [1.807, 2.05) is 0 Å². The fourth-order valence-electron chi connectivity index (χ4n) is 0.979. The first-order valence-corrected chi connectivity index (χ1v) is 4.44. The molecule has 1 aromatic rings. The van der Waals surface area contributed by atoms with Gasteiger partial charge in [0.15, 0.2) is 0 Å². The lowest BCUT2D eigenvalue weighted by atomic mass is 10.1. The van der Waals surface area contributed by atoms with Crippen LogP contribution in [-0.2, 0) is 6.42 Å². The lowest BCUT2D eigenvalue weighted by molar-refractivity contribution is 0.956. The van der Waals surface area contributed by atoms with E-state index in [4.69, 9.17) is 28.7 Å². The summed E-state index contributed by atoms with van der Waals surface area (Å²) in [5.74, 6) is 0. The Morgan fingerprint density at radius 2 is 1.85 bits per heavy atom. The number of nitrogens with zero attached hydrogens (tertiary/aromatic N) is 3. The van der Waals surface area contributed by atoms with Crippen LogP contribution in [0.3, 0.4) is 0 Å². The van der Waals surface area contributed by atoms with Crippen LogP contribution in [0.2, 0.25) is 10.0 Å². The molecule has 3 nitrogen and oxygen atoms in total. The second-order valence-electron chi connectivity index (χ2n) is 2.48. The molecule has 0 atom stereocenters. The van der Waals surface area contributed by atoms with Crippen LogP contribution in [0.5, 0.6) is 0 Å². The Labute approximate surface area is 85.9 Å². The maximum atomic E-state index is 8.06. The van der Waals surface area contributed by atoms with Gasteiger partial charge in [-0.1, -0.05) is 28.3 Å². The highest BCUT2D eigenvalue weighted by Gasteiger charge is 1.96. The maximum Gasteiger partial charge on any atom is 0.0423 e. The van der Waals surface area contributed by atoms with Gasteiger partial charge in [-0.2, -0.15) is 0 Å². The van der Waals surface area contributed by atoms with Crippen molar-refractivity contribution in [3.05, 3.63) is 44.3 Å². The molecule has 0 aromatic heterocycles. The van der Waals surface area contributed by atoms with E-state index in [1.165, 1.54) is 0 Å². The van der Waals surface area contributed by atoms with Crippen molar-refractivity contribution in [3.8, 4) is 0 Å². The second-order valence-corrected chi connectivity index (χ2v) is 3.36. The van der Waals surface area contributed by atoms with E-state index in [1.54, 1.807) is 18.2 Å². The van der Waals surface area contributed by atoms with E-state index in [-0.39, 0.29) is 0 Å². The van der Waals surface area contributed by atoms with E-state index < -0.39 is 0 Å². The van der Waals surface area contributed by atoms with Crippen molar-refractivity contribution in [2.24, 2.45) is 5.11 Å². The van der Waals surface area contributed by atoms with E-state index in [9.17, 15) is 0 Å². The van der Waals surface area contributed by atoms with Crippen LogP contribution in [0.15, 0.2) is 23.3 Å². The monoisotopic (exact) mass is 215 g/mol. The van der Waals surface area contributed by atoms with Gasteiger partial charge < -0.3 is 0 Å². The van der Waals surface area contributed by atoms with Gasteiger partial charge in [0.2, 0.25) is 0 Å². The molecule has 68 valence electrons. The Kier molecular flexibility index (Phi) is 3.90. The minimum Gasteiger partial charge on any atom is -0.0936 e. The molecule has 0 aliphatic carbocycles. The smallest absolute Gasteiger partial charge is 0.0423 e. The minimum absolute atomic E-state index is 0.424. The van der Waals surface area contributed by atoms with Gasteiger partial charge in [0.05, 0.1) is 0 Å². The first-order chi connectivity index (χ1) is 6.22. The number of benzene rings is 1. The summed E-state index contributed by atoms with van der Waals surface area (Å²) in [5.41, 5.74) is 9.04. The Balaban J connectivity index is 2.71. The van der Waals surface area contributed by atoms with Crippen LogP contribution in [0.4, 0.5) is 0 Å². The molecule has 0 unspecified atom stereocenters. The molecule has 0 saturated heterocycles. The third-order valence-electron chi connectivity index (χ3n) is 1.49. The molecule has 0 amide bonds. The largest absolute Gasteiger partial charge is 0.0936 e. The highest BCUT2D eigenvalue weighted by Crippen LogP contribution is 2.19. The van der Waals surface area contributed by atoms with Crippen molar-refractivity contribution < 1.29 is 0 Å². The highest BCUT2D eigenvalue weighted by atomic mass is 35.5. The zero-order valence-electron chi connectivity index (χ0n) is 6.74. The minimum atomic E-state index is 0.424. The van der Waals surface area contributed by atoms with Gasteiger partial charge in [0.25, 0.3) is 0 Å². The van der Waals surface area contributed by atoms with Crippen molar-refractivity contribution in [1.82, 2.24) is 0 Å². The zero-order valence-corrected chi connectivity index (χ0v) is 8.26. The number of azide groups is 1. The summed E-state index contributed by atoms with van der Waals surface area (Å²) in [6.45, 7) is 0.424. The van der Waals surface area contributed by atoms with Gasteiger partial charge in [0.1, 0.15) is 0 Å². The lowest BCUT2D eigenvalue weighted by Crippen LogP contribution is -1.88. The molecule has 5 heteroatoms. The Morgan fingerprint density at radius 1 is 1.23 bits per heavy atom. The topological polar surface area (TPSA) is 48.8 Å². The standard InChI is InChI=1S/C8H7Cl2N3/c9-7-3-6(1-2-12-13-11)4-8(10)5-7/h3-5H,1-2H2. The zero-order chi connectivity index (χ0) is 9.68. The number of hydrogen-bond donors (Lipinski definition) is 0. The maximum absolute atomic E-state index is 8.06. The molecule has 0 fully saturated rings. The molecule has 0 spiro atoms. The molecular formula is C8H7Cl2N3. The van der Waals surface area contributed by atoms with Crippen LogP contribution in [0, 0.1) is 0 Å². The Morgan fingerprint density at radius 3 is 2.38 bits per heavy atom. The molecule has 13 heavy (non-hydrogen) atoms. The van der Waals surface area contributed by atoms with E-state index in [0.29, 0.717) is 23.0 Å². The molecule has 0 saturated carbocycles. The fourth-order valence-corrected chi connectivity index (χ4v) is 1.55. The number of halogens is 2. The first kappa shape index (κ1) is 10.2. The summed E-state index contributed by atoms with van der Waals surface area (Å²) >= 11 is 11.6. The molecule has 0 aliphatic rings. The molecule has 0 bridgehead atoms. The summed E-state index contributed by atoms with van der Waals surface area (Å²) in [7, 11) is 0. The molecular weight excluding hydrogens is 209 g/mol. The third kappa shape index (κ3) is 3.55. The summed E-state index contributed by atoms with van der Waals surface area (Å²) in [6.07, 6.45) is 0.657. The normalized spacial score (nSPS) is 9.38. The number of hydrogen-bond acceptors (Lipinski definition) is 1. The lowest BCUT2D eigenvalue weighted by Gasteiger charge is -1.99. The Hall–Kier alpha value is -0.890. The third-order valence-corrected chi connectivity index (χ3v) is 1.92. The Bertz CT molecular complexity index is 325. The van der Waals surface area contributed by atoms with Crippen molar-refractivity contribution in [2.75, 3.05) is 6.54 Å². The molecule has 0 N–H and O–H groups in total. The predicted octanol–water partition coefficient (Wildman–Crippen LogP) is 3.85. The van der Waals surface area contributed by atoms with Crippen LogP contribution < -0.4 is 0 Å². The number of rotatable bonds is 3. The molecule has 0 heterocycles. The summed E-state index contributed by atoms with van der Waals surface area (Å²) in [4.78, 5) is 2.65. The molecule has 0 aliphatic heterocycles.